The fourth-order valence-corrected chi connectivity index (χ4v) is 2.36. The Kier molecular flexibility index (Phi) is 3.33. The van der Waals surface area contributed by atoms with Crippen LogP contribution in [0.1, 0.15) is 5.56 Å². The molecule has 1 unspecified atom stereocenters. The highest BCUT2D eigenvalue weighted by Gasteiger charge is 2.57. The van der Waals surface area contributed by atoms with E-state index < -0.39 is 23.4 Å². The molecule has 20 heavy (non-hydrogen) atoms. The van der Waals surface area contributed by atoms with Crippen molar-refractivity contribution in [3.63, 3.8) is 0 Å². The third kappa shape index (κ3) is 1.78. The molecule has 0 radical (unpaired) electrons. The molecule has 0 spiro atoms. The maximum Gasteiger partial charge on any atom is 0.327 e. The number of nitrogens with two attached hydrogens (primary N) is 2. The van der Waals surface area contributed by atoms with Gasteiger partial charge in [-0.15, -0.1) is 0 Å². The molecule has 6 heteroatoms. The summed E-state index contributed by atoms with van der Waals surface area (Å²) in [7, 11) is 0. The highest BCUT2D eigenvalue weighted by Crippen LogP contribution is 2.42. The van der Waals surface area contributed by atoms with Crippen molar-refractivity contribution in [1.82, 2.24) is 0 Å². The van der Waals surface area contributed by atoms with Gasteiger partial charge in [0.25, 0.3) is 0 Å². The zero-order valence-corrected chi connectivity index (χ0v) is 10.5. The Bertz CT molecular complexity index is 605. The lowest BCUT2D eigenvalue weighted by molar-refractivity contribution is -0.160. The first-order valence-corrected chi connectivity index (χ1v) is 5.88. The molecule has 1 aromatic carbocycles. The summed E-state index contributed by atoms with van der Waals surface area (Å²) in [6.45, 7) is 0. The Morgan fingerprint density at radius 1 is 1.05 bits per heavy atom. The van der Waals surface area contributed by atoms with Gasteiger partial charge < -0.3 is 21.7 Å². The number of carboxylic acids is 2. The Balaban J connectivity index is 2.74. The lowest BCUT2D eigenvalue weighted by Gasteiger charge is -2.36. The van der Waals surface area contributed by atoms with Crippen molar-refractivity contribution < 1.29 is 19.8 Å². The van der Waals surface area contributed by atoms with Crippen LogP contribution >= 0.6 is 0 Å². The second kappa shape index (κ2) is 4.82. The molecule has 1 atom stereocenters. The fourth-order valence-electron chi connectivity index (χ4n) is 2.36. The molecule has 1 aliphatic rings. The summed E-state index contributed by atoms with van der Waals surface area (Å²) < 4.78 is 0. The van der Waals surface area contributed by atoms with Crippen LogP contribution in [0.2, 0.25) is 0 Å². The van der Waals surface area contributed by atoms with Crippen molar-refractivity contribution in [2.75, 3.05) is 0 Å². The van der Waals surface area contributed by atoms with E-state index in [0.717, 1.165) is 0 Å². The maximum atomic E-state index is 11.7. The number of hydrogen-bond acceptors (Lipinski definition) is 4. The van der Waals surface area contributed by atoms with E-state index in [2.05, 4.69) is 0 Å². The molecule has 104 valence electrons. The van der Waals surface area contributed by atoms with Crippen molar-refractivity contribution in [2.24, 2.45) is 16.9 Å². The lowest BCUT2D eigenvalue weighted by atomic mass is 9.68. The van der Waals surface area contributed by atoms with Gasteiger partial charge >= 0.3 is 11.9 Å². The van der Waals surface area contributed by atoms with E-state index in [0.29, 0.717) is 5.56 Å². The van der Waals surface area contributed by atoms with Crippen molar-refractivity contribution in [3.8, 4) is 0 Å². The first-order valence-electron chi connectivity index (χ1n) is 5.88. The Morgan fingerprint density at radius 2 is 1.60 bits per heavy atom. The van der Waals surface area contributed by atoms with Crippen LogP contribution in [0.25, 0.3) is 5.57 Å². The maximum absolute atomic E-state index is 11.7. The molecule has 6 N–H and O–H groups in total. The zero-order valence-electron chi connectivity index (χ0n) is 10.5. The van der Waals surface area contributed by atoms with Crippen LogP contribution in [0.4, 0.5) is 0 Å². The topological polar surface area (TPSA) is 127 Å². The number of carbonyl (C=O) groups is 2. The first-order chi connectivity index (χ1) is 9.42. The molecule has 6 nitrogen and oxygen atoms in total. The molecular weight excluding hydrogens is 260 g/mol. The highest BCUT2D eigenvalue weighted by atomic mass is 16.4. The van der Waals surface area contributed by atoms with Crippen molar-refractivity contribution >= 4 is 17.5 Å². The fraction of sp³-hybridized carbons (Fsp3) is 0.143. The number of rotatable bonds is 3. The van der Waals surface area contributed by atoms with Gasteiger partial charge in [-0.2, -0.15) is 0 Å². The Morgan fingerprint density at radius 3 is 2.10 bits per heavy atom. The van der Waals surface area contributed by atoms with Crippen molar-refractivity contribution in [3.05, 3.63) is 53.7 Å². The minimum Gasteiger partial charge on any atom is -0.480 e. The van der Waals surface area contributed by atoms with E-state index in [1.54, 1.807) is 30.3 Å². The van der Waals surface area contributed by atoms with E-state index in [1.165, 1.54) is 12.2 Å². The molecule has 0 amide bonds. The van der Waals surface area contributed by atoms with Gasteiger partial charge in [0.1, 0.15) is 0 Å². The summed E-state index contributed by atoms with van der Waals surface area (Å²) in [6, 6.07) is 7.07. The largest absolute Gasteiger partial charge is 0.480 e. The van der Waals surface area contributed by atoms with Crippen LogP contribution < -0.4 is 11.5 Å². The number of allylic oxidation sites excluding steroid dienone is 2. The summed E-state index contributed by atoms with van der Waals surface area (Å²) >= 11 is 0. The van der Waals surface area contributed by atoms with Crippen LogP contribution in [-0.4, -0.2) is 28.2 Å². The number of aliphatic carboxylic acids is 2. The highest BCUT2D eigenvalue weighted by molar-refractivity contribution is 6.13. The smallest absolute Gasteiger partial charge is 0.327 e. The van der Waals surface area contributed by atoms with Gasteiger partial charge in [0, 0.05) is 5.70 Å². The molecule has 0 aromatic heterocycles. The molecule has 1 aliphatic carbocycles. The summed E-state index contributed by atoms with van der Waals surface area (Å²) in [5, 5.41) is 19.0. The molecule has 1 aromatic rings. The summed E-state index contributed by atoms with van der Waals surface area (Å²) in [4.78, 5) is 23.3. The minimum absolute atomic E-state index is 0.0227. The zero-order chi connectivity index (χ0) is 14.9. The second-order valence-electron chi connectivity index (χ2n) is 4.51. The number of hydrogen-bond donors (Lipinski definition) is 4. The van der Waals surface area contributed by atoms with Crippen LogP contribution in [0.5, 0.6) is 0 Å². The second-order valence-corrected chi connectivity index (χ2v) is 4.51. The summed E-state index contributed by atoms with van der Waals surface area (Å²) in [5.41, 5.74) is 9.75. The van der Waals surface area contributed by atoms with Gasteiger partial charge in [-0.3, -0.25) is 9.59 Å². The van der Waals surface area contributed by atoms with Crippen LogP contribution in [0.15, 0.2) is 48.2 Å². The summed E-state index contributed by atoms with van der Waals surface area (Å²) in [5.74, 6) is -3.08. The molecule has 0 heterocycles. The molecule has 2 rings (SSSR count). The normalized spacial score (nSPS) is 20.8. The van der Waals surface area contributed by atoms with Gasteiger partial charge in [0.15, 0.2) is 0 Å². The minimum atomic E-state index is -2.29. The third-order valence-corrected chi connectivity index (χ3v) is 3.45. The van der Waals surface area contributed by atoms with Crippen molar-refractivity contribution in [1.29, 1.82) is 0 Å². The van der Waals surface area contributed by atoms with Crippen LogP contribution in [-0.2, 0) is 9.59 Å². The van der Waals surface area contributed by atoms with Crippen LogP contribution in [0, 0.1) is 5.41 Å². The molecule has 0 bridgehead atoms. The lowest BCUT2D eigenvalue weighted by Crippen LogP contribution is -2.56. The van der Waals surface area contributed by atoms with E-state index in [-0.39, 0.29) is 11.3 Å². The summed E-state index contributed by atoms with van der Waals surface area (Å²) in [6.07, 6.45) is 2.84. The standard InChI is InChI=1S/C14H14N2O4/c15-10-7-6-9(8-4-2-1-3-5-8)14(11(10)16,12(17)18)13(19)20/h1-7,11H,15-16H2,(H,17,18)(H,19,20). The van der Waals surface area contributed by atoms with E-state index in [9.17, 15) is 19.8 Å². The predicted molar refractivity (Wildman–Crippen MR) is 72.4 cm³/mol. The van der Waals surface area contributed by atoms with Gasteiger partial charge in [-0.1, -0.05) is 36.4 Å². The van der Waals surface area contributed by atoms with E-state index in [4.69, 9.17) is 11.5 Å². The average molecular weight is 274 g/mol. The predicted octanol–water partition coefficient (Wildman–Crippen LogP) is 0.409. The van der Waals surface area contributed by atoms with Crippen LogP contribution in [0.3, 0.4) is 0 Å². The first kappa shape index (κ1) is 13.8. The molecule has 0 aliphatic heterocycles. The van der Waals surface area contributed by atoms with Gasteiger partial charge in [0.2, 0.25) is 5.41 Å². The Hall–Kier alpha value is -2.60. The van der Waals surface area contributed by atoms with Gasteiger partial charge in [0.05, 0.1) is 6.04 Å². The van der Waals surface area contributed by atoms with Gasteiger partial charge in [-0.25, -0.2) is 0 Å². The molecule has 0 saturated carbocycles. The monoisotopic (exact) mass is 274 g/mol. The quantitative estimate of drug-likeness (QED) is 0.591. The molecule has 0 fully saturated rings. The SMILES string of the molecule is NC1=CC=C(c2ccccc2)C(C(=O)O)(C(=O)O)C1N. The van der Waals surface area contributed by atoms with Gasteiger partial charge in [-0.05, 0) is 17.2 Å². The molecular formula is C14H14N2O4. The van der Waals surface area contributed by atoms with Crippen molar-refractivity contribution in [2.45, 2.75) is 6.04 Å². The molecule has 0 saturated heterocycles. The third-order valence-electron chi connectivity index (χ3n) is 3.45. The van der Waals surface area contributed by atoms with E-state index >= 15 is 0 Å². The number of benzene rings is 1. The van der Waals surface area contributed by atoms with E-state index in [1.807, 2.05) is 0 Å². The average Bonchev–Trinajstić information content (AvgIpc) is 2.41. The number of carboxylic acid groups (broad SMARTS) is 2. The Labute approximate surface area is 115 Å².